The van der Waals surface area contributed by atoms with Gasteiger partial charge in [0, 0.05) is 12.6 Å². The summed E-state index contributed by atoms with van der Waals surface area (Å²) in [7, 11) is 3.23. The summed E-state index contributed by atoms with van der Waals surface area (Å²) in [4.78, 5) is 2.49. The van der Waals surface area contributed by atoms with Gasteiger partial charge < -0.3 is 19.7 Å². The summed E-state index contributed by atoms with van der Waals surface area (Å²) in [6.07, 6.45) is 2.39. The highest BCUT2D eigenvalue weighted by Gasteiger charge is 2.18. The van der Waals surface area contributed by atoms with Crippen LogP contribution >= 0.6 is 11.6 Å². The third-order valence-electron chi connectivity index (χ3n) is 4.18. The smallest absolute Gasteiger partial charge is 0.179 e. The summed E-state index contributed by atoms with van der Waals surface area (Å²) in [5.74, 6) is 1.28. The van der Waals surface area contributed by atoms with Crippen LogP contribution in [-0.4, -0.2) is 44.8 Å². The number of piperidine rings is 1. The van der Waals surface area contributed by atoms with E-state index < -0.39 is 0 Å². The van der Waals surface area contributed by atoms with Crippen molar-refractivity contribution in [3.8, 4) is 11.5 Å². The van der Waals surface area contributed by atoms with Gasteiger partial charge in [0.05, 0.1) is 19.2 Å². The number of nitrogens with one attached hydrogen (secondary N) is 1. The fourth-order valence-electron chi connectivity index (χ4n) is 2.77. The molecule has 0 atom stereocenters. The van der Waals surface area contributed by atoms with Gasteiger partial charge in [0.15, 0.2) is 11.5 Å². The molecule has 21 heavy (non-hydrogen) atoms. The van der Waals surface area contributed by atoms with Crippen LogP contribution in [0.5, 0.6) is 11.5 Å². The molecule has 1 aliphatic rings. The zero-order valence-electron chi connectivity index (χ0n) is 13.1. The molecule has 118 valence electrons. The Hall–Kier alpha value is -0.970. The van der Waals surface area contributed by atoms with Gasteiger partial charge in [-0.05, 0) is 44.1 Å². The number of benzene rings is 1. The minimum absolute atomic E-state index is 0.567. The highest BCUT2D eigenvalue weighted by atomic mass is 35.5. The Morgan fingerprint density at radius 3 is 2.52 bits per heavy atom. The van der Waals surface area contributed by atoms with Crippen LogP contribution in [0.25, 0.3) is 0 Å². The molecule has 2 rings (SSSR count). The van der Waals surface area contributed by atoms with Crippen LogP contribution in [0.4, 0.5) is 0 Å². The third kappa shape index (κ3) is 4.02. The zero-order chi connectivity index (χ0) is 15.2. The maximum Gasteiger partial charge on any atom is 0.179 e. The average molecular weight is 313 g/mol. The van der Waals surface area contributed by atoms with Crippen LogP contribution in [0.1, 0.15) is 25.3 Å². The molecule has 4 nitrogen and oxygen atoms in total. The maximum atomic E-state index is 6.40. The molecular formula is C16H25ClN2O2. The van der Waals surface area contributed by atoms with Crippen LogP contribution < -0.4 is 14.8 Å². The summed E-state index contributed by atoms with van der Waals surface area (Å²) in [6, 6.07) is 4.47. The van der Waals surface area contributed by atoms with E-state index in [0.29, 0.717) is 22.6 Å². The summed E-state index contributed by atoms with van der Waals surface area (Å²) >= 11 is 6.40. The lowest BCUT2D eigenvalue weighted by atomic mass is 10.0. The molecule has 1 aromatic carbocycles. The second-order valence-electron chi connectivity index (χ2n) is 5.36. The average Bonchev–Trinajstić information content (AvgIpc) is 2.53. The summed E-state index contributed by atoms with van der Waals surface area (Å²) in [6.45, 7) is 6.48. The van der Waals surface area contributed by atoms with Crippen LogP contribution in [0.3, 0.4) is 0 Å². The van der Waals surface area contributed by atoms with Gasteiger partial charge in [0.25, 0.3) is 0 Å². The summed E-state index contributed by atoms with van der Waals surface area (Å²) in [5.41, 5.74) is 1.05. The van der Waals surface area contributed by atoms with Crippen molar-refractivity contribution >= 4 is 11.6 Å². The fraction of sp³-hybridized carbons (Fsp3) is 0.625. The van der Waals surface area contributed by atoms with Gasteiger partial charge in [-0.25, -0.2) is 0 Å². The molecule has 0 bridgehead atoms. The van der Waals surface area contributed by atoms with Crippen LogP contribution in [0.2, 0.25) is 5.02 Å². The van der Waals surface area contributed by atoms with Crippen molar-refractivity contribution in [1.29, 1.82) is 0 Å². The van der Waals surface area contributed by atoms with Gasteiger partial charge in [-0.15, -0.1) is 0 Å². The molecule has 5 heteroatoms. The first-order chi connectivity index (χ1) is 10.2. The first kappa shape index (κ1) is 16.4. The molecule has 0 unspecified atom stereocenters. The van der Waals surface area contributed by atoms with Gasteiger partial charge in [-0.1, -0.05) is 24.6 Å². The number of methoxy groups -OCH3 is 2. The number of hydrogen-bond donors (Lipinski definition) is 1. The first-order valence-corrected chi connectivity index (χ1v) is 7.92. The van der Waals surface area contributed by atoms with E-state index in [1.165, 1.54) is 25.9 Å². The predicted molar refractivity (Wildman–Crippen MR) is 86.5 cm³/mol. The van der Waals surface area contributed by atoms with Crippen molar-refractivity contribution in [3.05, 3.63) is 22.7 Å². The molecule has 0 radical (unpaired) electrons. The van der Waals surface area contributed by atoms with E-state index >= 15 is 0 Å². The van der Waals surface area contributed by atoms with Crippen molar-refractivity contribution in [3.63, 3.8) is 0 Å². The third-order valence-corrected chi connectivity index (χ3v) is 4.60. The van der Waals surface area contributed by atoms with Gasteiger partial charge in [-0.3, -0.25) is 0 Å². The van der Waals surface area contributed by atoms with Crippen molar-refractivity contribution in [2.45, 2.75) is 32.4 Å². The normalized spacial score (nSPS) is 17.0. The Balaban J connectivity index is 1.95. The molecule has 1 aromatic rings. The van der Waals surface area contributed by atoms with Crippen molar-refractivity contribution in [2.24, 2.45) is 0 Å². The Morgan fingerprint density at radius 2 is 1.95 bits per heavy atom. The second kappa shape index (κ2) is 7.87. The van der Waals surface area contributed by atoms with Crippen molar-refractivity contribution < 1.29 is 9.47 Å². The van der Waals surface area contributed by atoms with E-state index in [1.54, 1.807) is 14.2 Å². The van der Waals surface area contributed by atoms with Gasteiger partial charge >= 0.3 is 0 Å². The number of rotatable bonds is 6. The highest BCUT2D eigenvalue weighted by molar-refractivity contribution is 6.33. The molecule has 0 aliphatic carbocycles. The first-order valence-electron chi connectivity index (χ1n) is 7.54. The second-order valence-corrected chi connectivity index (χ2v) is 5.74. The van der Waals surface area contributed by atoms with E-state index in [1.807, 2.05) is 12.1 Å². The minimum Gasteiger partial charge on any atom is -0.493 e. The van der Waals surface area contributed by atoms with Gasteiger partial charge in [0.2, 0.25) is 0 Å². The molecule has 1 heterocycles. The lowest BCUT2D eigenvalue weighted by Crippen LogP contribution is -2.42. The maximum absolute atomic E-state index is 6.40. The number of likely N-dealkylation sites (tertiary alicyclic amines) is 1. The standard InChI is InChI=1S/C16H25ClN2O2/c1-4-19-9-7-13(8-10-19)18-11-12-5-6-14(20-2)16(21-3)15(12)17/h5-6,13,18H,4,7-11H2,1-3H3. The topological polar surface area (TPSA) is 33.7 Å². The molecule has 1 saturated heterocycles. The Morgan fingerprint density at radius 1 is 1.24 bits per heavy atom. The SMILES string of the molecule is CCN1CCC(NCc2ccc(OC)c(OC)c2Cl)CC1. The lowest BCUT2D eigenvalue weighted by molar-refractivity contribution is 0.206. The number of hydrogen-bond acceptors (Lipinski definition) is 4. The molecule has 0 aromatic heterocycles. The van der Waals surface area contributed by atoms with Crippen molar-refractivity contribution in [2.75, 3.05) is 33.9 Å². The molecule has 0 amide bonds. The van der Waals surface area contributed by atoms with E-state index in [9.17, 15) is 0 Å². The number of halogens is 1. The monoisotopic (exact) mass is 312 g/mol. The Labute approximate surface area is 132 Å². The van der Waals surface area contributed by atoms with Crippen LogP contribution in [0, 0.1) is 0 Å². The molecule has 1 fully saturated rings. The minimum atomic E-state index is 0.567. The molecule has 1 N–H and O–H groups in total. The quantitative estimate of drug-likeness (QED) is 0.875. The van der Waals surface area contributed by atoms with Gasteiger partial charge in [0.1, 0.15) is 0 Å². The highest BCUT2D eigenvalue weighted by Crippen LogP contribution is 2.37. The molecule has 0 spiro atoms. The van der Waals surface area contributed by atoms with E-state index in [-0.39, 0.29) is 0 Å². The van der Waals surface area contributed by atoms with Gasteiger partial charge in [-0.2, -0.15) is 0 Å². The van der Waals surface area contributed by atoms with Crippen molar-refractivity contribution in [1.82, 2.24) is 10.2 Å². The van der Waals surface area contributed by atoms with Crippen LogP contribution in [-0.2, 0) is 6.54 Å². The summed E-state index contributed by atoms with van der Waals surface area (Å²) in [5, 5.41) is 4.24. The molecular weight excluding hydrogens is 288 g/mol. The van der Waals surface area contributed by atoms with E-state index in [4.69, 9.17) is 21.1 Å². The number of nitrogens with zero attached hydrogens (tertiary/aromatic N) is 1. The molecule has 1 aliphatic heterocycles. The fourth-order valence-corrected chi connectivity index (χ4v) is 3.07. The largest absolute Gasteiger partial charge is 0.493 e. The van der Waals surface area contributed by atoms with E-state index in [0.717, 1.165) is 18.7 Å². The molecule has 0 saturated carbocycles. The Kier molecular flexibility index (Phi) is 6.15. The predicted octanol–water partition coefficient (Wildman–Crippen LogP) is 2.93. The zero-order valence-corrected chi connectivity index (χ0v) is 13.9. The Bertz CT molecular complexity index is 460. The lowest BCUT2D eigenvalue weighted by Gasteiger charge is -2.31. The van der Waals surface area contributed by atoms with E-state index in [2.05, 4.69) is 17.1 Å². The van der Waals surface area contributed by atoms with Crippen LogP contribution in [0.15, 0.2) is 12.1 Å². The number of ether oxygens (including phenoxy) is 2. The summed E-state index contributed by atoms with van der Waals surface area (Å²) < 4.78 is 10.6.